The lowest BCUT2D eigenvalue weighted by Crippen LogP contribution is -2.28. The Morgan fingerprint density at radius 3 is 2.67 bits per heavy atom. The molecule has 0 unspecified atom stereocenters. The van der Waals surface area contributed by atoms with Crippen LogP contribution in [0.1, 0.15) is 12.1 Å². The number of anilines is 1. The number of amides is 1. The first-order chi connectivity index (χ1) is 8.28. The van der Waals surface area contributed by atoms with Crippen molar-refractivity contribution in [2.24, 2.45) is 0 Å². The van der Waals surface area contributed by atoms with E-state index in [4.69, 9.17) is 0 Å². The van der Waals surface area contributed by atoms with Gasteiger partial charge in [0.2, 0.25) is 11.9 Å². The number of carbonyl (C=O) groups is 1. The third kappa shape index (κ3) is 4.98. The van der Waals surface area contributed by atoms with Crippen molar-refractivity contribution in [3.05, 3.63) is 18.0 Å². The molecular weight excluding hydrogens is 249 g/mol. The zero-order valence-electron chi connectivity index (χ0n) is 9.95. The first-order valence-corrected chi connectivity index (χ1v) is 5.10. The molecule has 0 saturated heterocycles. The predicted octanol–water partition coefficient (Wildman–Crippen LogP) is 1.11. The molecular formula is C10H13F3N4O. The maximum absolute atomic E-state index is 11.9. The normalized spacial score (nSPS) is 11.2. The van der Waals surface area contributed by atoms with Crippen LogP contribution >= 0.6 is 0 Å². The third-order valence-electron chi connectivity index (χ3n) is 1.93. The van der Waals surface area contributed by atoms with Crippen molar-refractivity contribution in [3.8, 4) is 0 Å². The van der Waals surface area contributed by atoms with Gasteiger partial charge in [-0.25, -0.2) is 9.97 Å². The lowest BCUT2D eigenvalue weighted by Gasteiger charge is -2.11. The monoisotopic (exact) mass is 262 g/mol. The van der Waals surface area contributed by atoms with Crippen LogP contribution in [-0.2, 0) is 11.3 Å². The minimum atomic E-state index is -4.50. The number of nitrogens with zero attached hydrogens (tertiary/aromatic N) is 3. The highest BCUT2D eigenvalue weighted by atomic mass is 19.4. The topological polar surface area (TPSA) is 58.1 Å². The molecule has 0 saturated carbocycles. The van der Waals surface area contributed by atoms with Crippen LogP contribution in [0.4, 0.5) is 19.1 Å². The maximum Gasteiger partial charge on any atom is 0.397 e. The van der Waals surface area contributed by atoms with Gasteiger partial charge in [-0.1, -0.05) is 0 Å². The minimum absolute atomic E-state index is 0.0573. The molecule has 0 atom stereocenters. The fraction of sp³-hybridized carbons (Fsp3) is 0.500. The van der Waals surface area contributed by atoms with E-state index in [0.717, 1.165) is 0 Å². The summed E-state index contributed by atoms with van der Waals surface area (Å²) in [5, 5.41) is 2.15. The number of nitrogens with one attached hydrogen (secondary N) is 1. The van der Waals surface area contributed by atoms with E-state index in [1.54, 1.807) is 19.0 Å². The standard InChI is InChI=1S/C10H13F3N4O/c1-17(2)9-14-4-3-7(16-9)6-15-8(18)5-10(11,12)13/h3-4H,5-6H2,1-2H3,(H,15,18). The van der Waals surface area contributed by atoms with E-state index < -0.39 is 18.5 Å². The zero-order chi connectivity index (χ0) is 13.8. The molecule has 0 radical (unpaired) electrons. The van der Waals surface area contributed by atoms with E-state index in [1.165, 1.54) is 12.3 Å². The summed E-state index contributed by atoms with van der Waals surface area (Å²) < 4.78 is 35.7. The summed E-state index contributed by atoms with van der Waals surface area (Å²) in [4.78, 5) is 20.6. The average Bonchev–Trinajstić information content (AvgIpc) is 2.24. The average molecular weight is 262 g/mol. The molecule has 1 heterocycles. The molecule has 5 nitrogen and oxygen atoms in total. The number of hydrogen-bond donors (Lipinski definition) is 1. The Morgan fingerprint density at radius 2 is 2.11 bits per heavy atom. The summed E-state index contributed by atoms with van der Waals surface area (Å²) in [6.45, 7) is -0.0573. The van der Waals surface area contributed by atoms with Crippen LogP contribution in [0.15, 0.2) is 12.3 Å². The molecule has 0 aliphatic rings. The Bertz CT molecular complexity index is 420. The summed E-state index contributed by atoms with van der Waals surface area (Å²) in [5.74, 6) is -0.648. The minimum Gasteiger partial charge on any atom is -0.350 e. The molecule has 1 amide bonds. The summed E-state index contributed by atoms with van der Waals surface area (Å²) in [6, 6.07) is 1.53. The van der Waals surface area contributed by atoms with Gasteiger partial charge in [0.15, 0.2) is 0 Å². The Morgan fingerprint density at radius 1 is 1.44 bits per heavy atom. The van der Waals surface area contributed by atoms with Gasteiger partial charge in [0.05, 0.1) is 12.2 Å². The van der Waals surface area contributed by atoms with Crippen LogP contribution in [0, 0.1) is 0 Å². The summed E-state index contributed by atoms with van der Waals surface area (Å²) in [6.07, 6.45) is -4.50. The number of aromatic nitrogens is 2. The van der Waals surface area contributed by atoms with Crippen molar-refractivity contribution in [1.29, 1.82) is 0 Å². The maximum atomic E-state index is 11.9. The van der Waals surface area contributed by atoms with Crippen LogP contribution in [0.3, 0.4) is 0 Å². The van der Waals surface area contributed by atoms with Gasteiger partial charge in [-0.15, -0.1) is 0 Å². The van der Waals surface area contributed by atoms with E-state index in [1.807, 2.05) is 0 Å². The second-order valence-electron chi connectivity index (χ2n) is 3.81. The Balaban J connectivity index is 2.53. The van der Waals surface area contributed by atoms with Crippen LogP contribution in [0.25, 0.3) is 0 Å². The summed E-state index contributed by atoms with van der Waals surface area (Å²) in [7, 11) is 3.47. The van der Waals surface area contributed by atoms with Gasteiger partial charge in [-0.3, -0.25) is 4.79 Å². The summed E-state index contributed by atoms with van der Waals surface area (Å²) >= 11 is 0. The molecule has 1 N–H and O–H groups in total. The molecule has 18 heavy (non-hydrogen) atoms. The second-order valence-corrected chi connectivity index (χ2v) is 3.81. The van der Waals surface area contributed by atoms with Gasteiger partial charge in [0, 0.05) is 20.3 Å². The van der Waals surface area contributed by atoms with Crippen LogP contribution < -0.4 is 10.2 Å². The number of alkyl halides is 3. The van der Waals surface area contributed by atoms with E-state index >= 15 is 0 Å². The Labute approximate surface area is 102 Å². The van der Waals surface area contributed by atoms with Crippen molar-refractivity contribution >= 4 is 11.9 Å². The number of carbonyl (C=O) groups excluding carboxylic acids is 1. The molecule has 0 aliphatic carbocycles. The highest BCUT2D eigenvalue weighted by molar-refractivity contribution is 5.76. The van der Waals surface area contributed by atoms with Gasteiger partial charge in [-0.2, -0.15) is 13.2 Å². The lowest BCUT2D eigenvalue weighted by atomic mass is 10.3. The predicted molar refractivity (Wildman–Crippen MR) is 58.9 cm³/mol. The highest BCUT2D eigenvalue weighted by Crippen LogP contribution is 2.18. The number of halogens is 3. The van der Waals surface area contributed by atoms with Gasteiger partial charge in [0.1, 0.15) is 6.42 Å². The first kappa shape index (κ1) is 14.2. The quantitative estimate of drug-likeness (QED) is 0.883. The molecule has 0 bridgehead atoms. The van der Waals surface area contributed by atoms with Crippen molar-refractivity contribution in [2.75, 3.05) is 19.0 Å². The molecule has 0 aromatic carbocycles. The lowest BCUT2D eigenvalue weighted by molar-refractivity contribution is -0.153. The van der Waals surface area contributed by atoms with Crippen LogP contribution in [-0.4, -0.2) is 36.1 Å². The third-order valence-corrected chi connectivity index (χ3v) is 1.93. The molecule has 8 heteroatoms. The molecule has 0 spiro atoms. The Kier molecular flexibility index (Phi) is 4.46. The first-order valence-electron chi connectivity index (χ1n) is 5.10. The summed E-state index contributed by atoms with van der Waals surface area (Å²) in [5.41, 5.74) is 0.448. The van der Waals surface area contributed by atoms with Gasteiger partial charge in [-0.05, 0) is 6.07 Å². The SMILES string of the molecule is CN(C)c1nccc(CNC(=O)CC(F)(F)F)n1. The fourth-order valence-electron chi connectivity index (χ4n) is 1.13. The number of hydrogen-bond acceptors (Lipinski definition) is 4. The van der Waals surface area contributed by atoms with Gasteiger partial charge in [0.25, 0.3) is 0 Å². The van der Waals surface area contributed by atoms with Gasteiger partial charge >= 0.3 is 6.18 Å². The van der Waals surface area contributed by atoms with Gasteiger partial charge < -0.3 is 10.2 Å². The van der Waals surface area contributed by atoms with Crippen molar-refractivity contribution in [2.45, 2.75) is 19.1 Å². The second kappa shape index (κ2) is 5.65. The van der Waals surface area contributed by atoms with Crippen molar-refractivity contribution in [1.82, 2.24) is 15.3 Å². The smallest absolute Gasteiger partial charge is 0.350 e. The molecule has 1 rings (SSSR count). The van der Waals surface area contributed by atoms with Crippen molar-refractivity contribution < 1.29 is 18.0 Å². The Hall–Kier alpha value is -1.86. The van der Waals surface area contributed by atoms with E-state index in [-0.39, 0.29) is 6.54 Å². The molecule has 1 aromatic heterocycles. The largest absolute Gasteiger partial charge is 0.397 e. The molecule has 0 aliphatic heterocycles. The van der Waals surface area contributed by atoms with E-state index in [0.29, 0.717) is 11.6 Å². The molecule has 100 valence electrons. The number of rotatable bonds is 4. The van der Waals surface area contributed by atoms with E-state index in [2.05, 4.69) is 15.3 Å². The van der Waals surface area contributed by atoms with Crippen molar-refractivity contribution in [3.63, 3.8) is 0 Å². The van der Waals surface area contributed by atoms with Crippen LogP contribution in [0.2, 0.25) is 0 Å². The molecule has 1 aromatic rings. The van der Waals surface area contributed by atoms with E-state index in [9.17, 15) is 18.0 Å². The zero-order valence-corrected chi connectivity index (χ0v) is 9.95. The fourth-order valence-corrected chi connectivity index (χ4v) is 1.13. The molecule has 0 fully saturated rings. The highest BCUT2D eigenvalue weighted by Gasteiger charge is 2.30. The van der Waals surface area contributed by atoms with Crippen LogP contribution in [0.5, 0.6) is 0 Å².